The Kier molecular flexibility index (Phi) is 7.25. The maximum absolute atomic E-state index is 12.3. The van der Waals surface area contributed by atoms with E-state index in [1.165, 1.54) is 10.5 Å². The Labute approximate surface area is 176 Å². The predicted octanol–water partition coefficient (Wildman–Crippen LogP) is 2.44. The molecule has 0 aliphatic carbocycles. The van der Waals surface area contributed by atoms with E-state index in [2.05, 4.69) is 34.6 Å². The second kappa shape index (κ2) is 9.87. The van der Waals surface area contributed by atoms with Gasteiger partial charge in [-0.3, -0.25) is 4.79 Å². The molecule has 0 atom stereocenters. The van der Waals surface area contributed by atoms with E-state index >= 15 is 0 Å². The van der Waals surface area contributed by atoms with Crippen LogP contribution in [0, 0.1) is 0 Å². The standard InChI is InChI=1S/C21H25ClN4OS/c1-2-16-7-3-5-9-18(16)24-21(28)26-13-11-25(12-14-26)15-20(27)23-19-10-6-4-8-17(19)22/h3-10H,2,11-15H2,1H3,(H,23,27)(H,24,28)/p+1. The molecule has 2 aromatic carbocycles. The highest BCUT2D eigenvalue weighted by Gasteiger charge is 2.24. The number of para-hydroxylation sites is 2. The Bertz CT molecular complexity index is 837. The maximum Gasteiger partial charge on any atom is 0.279 e. The normalized spacial score (nSPS) is 14.6. The summed E-state index contributed by atoms with van der Waals surface area (Å²) in [5.41, 5.74) is 2.99. The molecule has 0 spiro atoms. The summed E-state index contributed by atoms with van der Waals surface area (Å²) in [7, 11) is 0. The number of carbonyl (C=O) groups is 1. The van der Waals surface area contributed by atoms with Gasteiger partial charge in [-0.15, -0.1) is 0 Å². The van der Waals surface area contributed by atoms with Crippen molar-refractivity contribution in [3.63, 3.8) is 0 Å². The number of nitrogens with one attached hydrogen (secondary N) is 3. The third kappa shape index (κ3) is 5.44. The van der Waals surface area contributed by atoms with Crippen LogP contribution in [0.5, 0.6) is 0 Å². The number of hydrogen-bond donors (Lipinski definition) is 3. The summed E-state index contributed by atoms with van der Waals surface area (Å²) >= 11 is 11.7. The van der Waals surface area contributed by atoms with Gasteiger partial charge in [-0.2, -0.15) is 0 Å². The molecule has 3 rings (SSSR count). The maximum atomic E-state index is 12.3. The molecule has 0 aromatic heterocycles. The number of halogens is 1. The van der Waals surface area contributed by atoms with Crippen molar-refractivity contribution in [1.29, 1.82) is 0 Å². The first-order valence-electron chi connectivity index (χ1n) is 9.58. The second-order valence-corrected chi connectivity index (χ2v) is 7.68. The number of amides is 1. The highest BCUT2D eigenvalue weighted by Crippen LogP contribution is 2.20. The van der Waals surface area contributed by atoms with Crippen LogP contribution in [-0.2, 0) is 11.2 Å². The first-order chi connectivity index (χ1) is 13.6. The lowest BCUT2D eigenvalue weighted by Crippen LogP contribution is -3.15. The minimum atomic E-state index is -0.0193. The van der Waals surface area contributed by atoms with Crippen molar-refractivity contribution in [2.75, 3.05) is 43.4 Å². The lowest BCUT2D eigenvalue weighted by molar-refractivity contribution is -0.895. The molecule has 28 heavy (non-hydrogen) atoms. The second-order valence-electron chi connectivity index (χ2n) is 6.88. The van der Waals surface area contributed by atoms with E-state index in [0.717, 1.165) is 43.4 Å². The van der Waals surface area contributed by atoms with Crippen molar-refractivity contribution in [1.82, 2.24) is 4.90 Å². The molecule has 1 heterocycles. The number of rotatable bonds is 5. The number of benzene rings is 2. The van der Waals surface area contributed by atoms with Crippen LogP contribution >= 0.6 is 23.8 Å². The molecule has 148 valence electrons. The van der Waals surface area contributed by atoms with Crippen LogP contribution in [0.15, 0.2) is 48.5 Å². The molecule has 1 saturated heterocycles. The summed E-state index contributed by atoms with van der Waals surface area (Å²) in [6.07, 6.45) is 0.963. The zero-order chi connectivity index (χ0) is 19.9. The summed E-state index contributed by atoms with van der Waals surface area (Å²) in [5, 5.41) is 7.58. The molecular formula is C21H26ClN4OS+. The van der Waals surface area contributed by atoms with E-state index in [9.17, 15) is 4.79 Å². The van der Waals surface area contributed by atoms with Gasteiger partial charge in [0.15, 0.2) is 11.7 Å². The number of anilines is 2. The van der Waals surface area contributed by atoms with Gasteiger partial charge in [-0.05, 0) is 42.4 Å². The van der Waals surface area contributed by atoms with Gasteiger partial charge in [0.05, 0.1) is 36.9 Å². The van der Waals surface area contributed by atoms with Gasteiger partial charge in [0, 0.05) is 5.69 Å². The lowest BCUT2D eigenvalue weighted by atomic mass is 10.1. The molecule has 1 amide bonds. The van der Waals surface area contributed by atoms with Crippen LogP contribution in [0.2, 0.25) is 5.02 Å². The molecule has 3 N–H and O–H groups in total. The molecule has 0 radical (unpaired) electrons. The van der Waals surface area contributed by atoms with E-state index in [0.29, 0.717) is 17.3 Å². The molecule has 1 fully saturated rings. The van der Waals surface area contributed by atoms with E-state index in [-0.39, 0.29) is 5.91 Å². The fourth-order valence-electron chi connectivity index (χ4n) is 3.33. The Morgan fingerprint density at radius 1 is 1.07 bits per heavy atom. The van der Waals surface area contributed by atoms with Gasteiger partial charge in [0.1, 0.15) is 0 Å². The molecule has 5 nitrogen and oxygen atoms in total. The third-order valence-electron chi connectivity index (χ3n) is 4.96. The summed E-state index contributed by atoms with van der Waals surface area (Å²) in [4.78, 5) is 15.7. The summed E-state index contributed by atoms with van der Waals surface area (Å²) in [6.45, 7) is 5.96. The van der Waals surface area contributed by atoms with Crippen LogP contribution in [-0.4, -0.2) is 48.6 Å². The highest BCUT2D eigenvalue weighted by atomic mass is 35.5. The van der Waals surface area contributed by atoms with Crippen molar-refractivity contribution in [2.24, 2.45) is 0 Å². The lowest BCUT2D eigenvalue weighted by Gasteiger charge is -2.33. The van der Waals surface area contributed by atoms with E-state index in [1.807, 2.05) is 30.3 Å². The number of thiocarbonyl (C=S) groups is 1. The summed E-state index contributed by atoms with van der Waals surface area (Å²) < 4.78 is 0. The quantitative estimate of drug-likeness (QED) is 0.654. The van der Waals surface area contributed by atoms with Gasteiger partial charge in [-0.25, -0.2) is 0 Å². The highest BCUT2D eigenvalue weighted by molar-refractivity contribution is 7.80. The molecule has 1 aliphatic heterocycles. The van der Waals surface area contributed by atoms with Crippen LogP contribution in [0.1, 0.15) is 12.5 Å². The summed E-state index contributed by atoms with van der Waals surface area (Å²) in [6, 6.07) is 15.5. The Hall–Kier alpha value is -2.15. The number of nitrogens with zero attached hydrogens (tertiary/aromatic N) is 1. The molecule has 0 unspecified atom stereocenters. The molecular weight excluding hydrogens is 392 g/mol. The number of piperazine rings is 1. The zero-order valence-corrected chi connectivity index (χ0v) is 17.6. The number of aryl methyl sites for hydroxylation is 1. The molecule has 1 aliphatic rings. The average Bonchev–Trinajstić information content (AvgIpc) is 2.70. The van der Waals surface area contributed by atoms with Crippen LogP contribution < -0.4 is 15.5 Å². The fraction of sp³-hybridized carbons (Fsp3) is 0.333. The van der Waals surface area contributed by atoms with Gasteiger partial charge in [0.2, 0.25) is 0 Å². The largest absolute Gasteiger partial charge is 0.338 e. The van der Waals surface area contributed by atoms with E-state index in [4.69, 9.17) is 23.8 Å². The molecule has 0 saturated carbocycles. The van der Waals surface area contributed by atoms with Gasteiger partial charge in [0.25, 0.3) is 5.91 Å². The van der Waals surface area contributed by atoms with Crippen molar-refractivity contribution < 1.29 is 9.69 Å². The van der Waals surface area contributed by atoms with Crippen molar-refractivity contribution in [3.8, 4) is 0 Å². The van der Waals surface area contributed by atoms with Gasteiger partial charge >= 0.3 is 0 Å². The third-order valence-corrected chi connectivity index (χ3v) is 5.65. The van der Waals surface area contributed by atoms with Gasteiger partial charge in [-0.1, -0.05) is 48.9 Å². The van der Waals surface area contributed by atoms with E-state index in [1.54, 1.807) is 6.07 Å². The Morgan fingerprint density at radius 3 is 2.39 bits per heavy atom. The van der Waals surface area contributed by atoms with Crippen molar-refractivity contribution in [2.45, 2.75) is 13.3 Å². The molecule has 0 bridgehead atoms. The van der Waals surface area contributed by atoms with Crippen LogP contribution in [0.3, 0.4) is 0 Å². The fourth-order valence-corrected chi connectivity index (χ4v) is 3.81. The molecule has 7 heteroatoms. The topological polar surface area (TPSA) is 48.8 Å². The minimum Gasteiger partial charge on any atom is -0.338 e. The Morgan fingerprint density at radius 2 is 1.71 bits per heavy atom. The van der Waals surface area contributed by atoms with Crippen LogP contribution in [0.25, 0.3) is 0 Å². The predicted molar refractivity (Wildman–Crippen MR) is 119 cm³/mol. The SMILES string of the molecule is CCc1ccccc1NC(=S)N1CC[NH+](CC(=O)Nc2ccccc2Cl)CC1. The first kappa shape index (κ1) is 20.6. The number of carbonyl (C=O) groups excluding carboxylic acids is 1. The monoisotopic (exact) mass is 417 g/mol. The average molecular weight is 418 g/mol. The first-order valence-corrected chi connectivity index (χ1v) is 10.4. The van der Waals surface area contributed by atoms with Crippen molar-refractivity contribution >= 4 is 46.2 Å². The number of hydrogen-bond acceptors (Lipinski definition) is 2. The minimum absolute atomic E-state index is 0.0193. The molecule has 2 aromatic rings. The van der Waals surface area contributed by atoms with Crippen molar-refractivity contribution in [3.05, 3.63) is 59.1 Å². The Balaban J connectivity index is 1.47. The number of quaternary nitrogens is 1. The smallest absolute Gasteiger partial charge is 0.279 e. The van der Waals surface area contributed by atoms with Gasteiger partial charge < -0.3 is 20.4 Å². The van der Waals surface area contributed by atoms with E-state index < -0.39 is 0 Å². The van der Waals surface area contributed by atoms with Crippen LogP contribution in [0.4, 0.5) is 11.4 Å². The zero-order valence-electron chi connectivity index (χ0n) is 16.0. The summed E-state index contributed by atoms with van der Waals surface area (Å²) in [5.74, 6) is -0.0193.